The number of rotatable bonds is 4. The van der Waals surface area contributed by atoms with Gasteiger partial charge >= 0.3 is 6.18 Å². The van der Waals surface area contributed by atoms with E-state index in [4.69, 9.17) is 4.98 Å². The molecule has 5 rings (SSSR count). The summed E-state index contributed by atoms with van der Waals surface area (Å²) in [5.41, 5.74) is 3.86. The van der Waals surface area contributed by atoms with E-state index < -0.39 is 11.9 Å². The first-order valence-electron chi connectivity index (χ1n) is 11.6. The fraction of sp³-hybridized carbons (Fsp3) is 0.308. The Balaban J connectivity index is 1.49. The highest BCUT2D eigenvalue weighted by Gasteiger charge is 2.35. The van der Waals surface area contributed by atoms with Crippen molar-refractivity contribution in [3.8, 4) is 22.6 Å². The number of fused-ring (bicyclic) bond motifs is 1. The van der Waals surface area contributed by atoms with Crippen LogP contribution in [-0.2, 0) is 31.1 Å². The maximum absolute atomic E-state index is 13.1. The van der Waals surface area contributed by atoms with Gasteiger partial charge in [0.2, 0.25) is 5.91 Å². The first kappa shape index (κ1) is 23.8. The van der Waals surface area contributed by atoms with Crippen LogP contribution >= 0.6 is 0 Å². The van der Waals surface area contributed by atoms with Gasteiger partial charge in [-0.25, -0.2) is 9.97 Å². The van der Waals surface area contributed by atoms with E-state index in [0.29, 0.717) is 17.8 Å². The minimum atomic E-state index is -4.52. The molecule has 1 aliphatic heterocycles. The Kier molecular flexibility index (Phi) is 5.69. The van der Waals surface area contributed by atoms with Gasteiger partial charge in [-0.1, -0.05) is 13.8 Å². The minimum Gasteiger partial charge on any atom is -0.333 e. The van der Waals surface area contributed by atoms with Crippen LogP contribution in [0.1, 0.15) is 42.7 Å². The molecule has 0 radical (unpaired) electrons. The molecule has 186 valence electrons. The van der Waals surface area contributed by atoms with E-state index in [1.165, 1.54) is 11.6 Å². The molecule has 1 aromatic carbocycles. The summed E-state index contributed by atoms with van der Waals surface area (Å²) in [5.74, 6) is 1.08. The molecule has 0 saturated heterocycles. The molecule has 4 heterocycles. The van der Waals surface area contributed by atoms with Gasteiger partial charge in [0.1, 0.15) is 18.2 Å². The number of amides is 1. The van der Waals surface area contributed by atoms with Crippen molar-refractivity contribution in [2.45, 2.75) is 46.0 Å². The Morgan fingerprint density at radius 2 is 1.75 bits per heavy atom. The van der Waals surface area contributed by atoms with Crippen LogP contribution in [0.15, 0.2) is 48.8 Å². The van der Waals surface area contributed by atoms with Gasteiger partial charge in [-0.2, -0.15) is 13.2 Å². The van der Waals surface area contributed by atoms with E-state index in [0.717, 1.165) is 34.7 Å². The maximum Gasteiger partial charge on any atom is 0.434 e. The number of imidazole rings is 2. The third-order valence-electron chi connectivity index (χ3n) is 6.41. The summed E-state index contributed by atoms with van der Waals surface area (Å²) in [5, 5.41) is 0. The normalized spacial score (nSPS) is 14.0. The summed E-state index contributed by atoms with van der Waals surface area (Å²) in [6.45, 7) is 6.52. The van der Waals surface area contributed by atoms with Gasteiger partial charge in [0.05, 0.1) is 23.6 Å². The van der Waals surface area contributed by atoms with Crippen LogP contribution in [-0.4, -0.2) is 30.0 Å². The van der Waals surface area contributed by atoms with Crippen molar-refractivity contribution in [1.29, 1.82) is 0 Å². The molecule has 0 spiro atoms. The highest BCUT2D eigenvalue weighted by molar-refractivity contribution is 5.95. The molecule has 1 aliphatic rings. The summed E-state index contributed by atoms with van der Waals surface area (Å²) in [6.07, 6.45) is -1.78. The van der Waals surface area contributed by atoms with Gasteiger partial charge < -0.3 is 14.0 Å². The molecule has 0 atom stereocenters. The Morgan fingerprint density at radius 1 is 1.03 bits per heavy atom. The third-order valence-corrected chi connectivity index (χ3v) is 6.41. The summed E-state index contributed by atoms with van der Waals surface area (Å²) in [6, 6.07) is 10.7. The third kappa shape index (κ3) is 4.06. The van der Waals surface area contributed by atoms with Gasteiger partial charge in [0.15, 0.2) is 5.69 Å². The number of alkyl halides is 3. The molecule has 0 aliphatic carbocycles. The lowest BCUT2D eigenvalue weighted by molar-refractivity contribution is -0.140. The SMILES string of the molecule is Cc1nc(-c2cccnc2C(C)C)c2n1CC(=O)N(c1ccc(-c3nc(C(F)(F)F)cn3C)cc1)C2. The zero-order valence-corrected chi connectivity index (χ0v) is 20.3. The van der Waals surface area contributed by atoms with E-state index in [-0.39, 0.29) is 24.2 Å². The summed E-state index contributed by atoms with van der Waals surface area (Å²) < 4.78 is 42.5. The second-order valence-corrected chi connectivity index (χ2v) is 9.22. The molecule has 0 bridgehead atoms. The van der Waals surface area contributed by atoms with E-state index >= 15 is 0 Å². The summed E-state index contributed by atoms with van der Waals surface area (Å²) >= 11 is 0. The maximum atomic E-state index is 13.1. The Morgan fingerprint density at radius 3 is 2.39 bits per heavy atom. The number of pyridine rings is 1. The first-order valence-corrected chi connectivity index (χ1v) is 11.6. The number of carbonyl (C=O) groups excluding carboxylic acids is 1. The highest BCUT2D eigenvalue weighted by atomic mass is 19.4. The molecule has 0 saturated carbocycles. The van der Waals surface area contributed by atoms with Gasteiger partial charge in [-0.05, 0) is 49.2 Å². The van der Waals surface area contributed by atoms with Crippen molar-refractivity contribution < 1.29 is 18.0 Å². The van der Waals surface area contributed by atoms with Crippen molar-refractivity contribution in [3.63, 3.8) is 0 Å². The van der Waals surface area contributed by atoms with E-state index in [1.54, 1.807) is 35.4 Å². The molecule has 0 fully saturated rings. The average molecular weight is 495 g/mol. The van der Waals surface area contributed by atoms with Gasteiger partial charge in [-0.3, -0.25) is 9.78 Å². The number of hydrogen-bond acceptors (Lipinski definition) is 4. The molecular formula is C26H25F3N6O. The van der Waals surface area contributed by atoms with Crippen molar-refractivity contribution in [2.75, 3.05) is 4.90 Å². The van der Waals surface area contributed by atoms with Crippen molar-refractivity contribution in [1.82, 2.24) is 24.1 Å². The lowest BCUT2D eigenvalue weighted by atomic mass is 10.00. The molecule has 3 aromatic heterocycles. The number of anilines is 1. The standard InChI is InChI=1S/C26H25F3N6O/c1-15(2)23-19(6-5-11-30-23)24-20-12-35(22(36)14-34(20)16(3)31-24)18-9-7-17(8-10-18)25-32-21(13-33(25)4)26(27,28)29/h5-11,13,15H,12,14H2,1-4H3. The van der Waals surface area contributed by atoms with Crippen LogP contribution < -0.4 is 4.90 Å². The number of hydrogen-bond donors (Lipinski definition) is 0. The number of benzene rings is 1. The van der Waals surface area contributed by atoms with Crippen molar-refractivity contribution in [2.24, 2.45) is 7.05 Å². The van der Waals surface area contributed by atoms with Gasteiger partial charge in [-0.15, -0.1) is 0 Å². The minimum absolute atomic E-state index is 0.0890. The zero-order valence-electron chi connectivity index (χ0n) is 20.3. The largest absolute Gasteiger partial charge is 0.434 e. The second kappa shape index (κ2) is 8.61. The fourth-order valence-electron chi connectivity index (χ4n) is 4.63. The number of carbonyl (C=O) groups is 1. The summed E-state index contributed by atoms with van der Waals surface area (Å²) in [7, 11) is 1.52. The van der Waals surface area contributed by atoms with Crippen LogP contribution in [0.25, 0.3) is 22.6 Å². The zero-order chi connectivity index (χ0) is 25.8. The highest BCUT2D eigenvalue weighted by Crippen LogP contribution is 2.35. The molecule has 7 nitrogen and oxygen atoms in total. The Bertz CT molecular complexity index is 1450. The lowest BCUT2D eigenvalue weighted by Crippen LogP contribution is -2.39. The number of aromatic nitrogens is 5. The summed E-state index contributed by atoms with van der Waals surface area (Å²) in [4.78, 5) is 27.9. The van der Waals surface area contributed by atoms with Crippen LogP contribution in [0.5, 0.6) is 0 Å². The number of halogens is 3. The predicted molar refractivity (Wildman–Crippen MR) is 129 cm³/mol. The van der Waals surface area contributed by atoms with E-state index in [9.17, 15) is 18.0 Å². The number of nitrogens with zero attached hydrogens (tertiary/aromatic N) is 6. The average Bonchev–Trinajstić information content (AvgIpc) is 3.38. The molecule has 0 unspecified atom stereocenters. The first-order chi connectivity index (χ1) is 17.0. The lowest BCUT2D eigenvalue weighted by Gasteiger charge is -2.29. The predicted octanol–water partition coefficient (Wildman–Crippen LogP) is 5.34. The van der Waals surface area contributed by atoms with E-state index in [1.807, 2.05) is 23.6 Å². The van der Waals surface area contributed by atoms with Crippen LogP contribution in [0, 0.1) is 6.92 Å². The van der Waals surface area contributed by atoms with Crippen LogP contribution in [0.4, 0.5) is 18.9 Å². The number of aryl methyl sites for hydroxylation is 2. The van der Waals surface area contributed by atoms with Gasteiger partial charge in [0.25, 0.3) is 0 Å². The monoisotopic (exact) mass is 494 g/mol. The topological polar surface area (TPSA) is 68.8 Å². The second-order valence-electron chi connectivity index (χ2n) is 9.22. The quantitative estimate of drug-likeness (QED) is 0.384. The molecule has 1 amide bonds. The molecule has 10 heteroatoms. The Labute approximate surface area is 206 Å². The van der Waals surface area contributed by atoms with Crippen molar-refractivity contribution >= 4 is 11.6 Å². The Hall–Kier alpha value is -3.95. The van der Waals surface area contributed by atoms with E-state index in [2.05, 4.69) is 23.8 Å². The van der Waals surface area contributed by atoms with Crippen molar-refractivity contribution in [3.05, 3.63) is 71.7 Å². The smallest absolute Gasteiger partial charge is 0.333 e. The molecular weight excluding hydrogens is 469 g/mol. The van der Waals surface area contributed by atoms with Crippen LogP contribution in [0.3, 0.4) is 0 Å². The van der Waals surface area contributed by atoms with Gasteiger partial charge in [0, 0.05) is 36.3 Å². The fourth-order valence-corrected chi connectivity index (χ4v) is 4.63. The molecule has 4 aromatic rings. The van der Waals surface area contributed by atoms with Crippen LogP contribution in [0.2, 0.25) is 0 Å². The molecule has 36 heavy (non-hydrogen) atoms. The molecule has 0 N–H and O–H groups in total.